The predicted molar refractivity (Wildman–Crippen MR) is 51.5 cm³/mol. The number of hydrogen-bond donors (Lipinski definition) is 2. The molecular weight excluding hydrogens is 188 g/mol. The number of nitrogens with one attached hydrogen (secondary N) is 1. The zero-order valence-electron chi connectivity index (χ0n) is 7.87. The van der Waals surface area contributed by atoms with Gasteiger partial charge in [-0.1, -0.05) is 18.2 Å². The second kappa shape index (κ2) is 4.91. The monoisotopic (exact) mass is 201 g/mol. The Hall–Kier alpha value is -1.16. The van der Waals surface area contributed by atoms with Gasteiger partial charge in [0.15, 0.2) is 0 Å². The molecule has 0 aliphatic carbocycles. The van der Waals surface area contributed by atoms with Crippen molar-refractivity contribution in [2.24, 2.45) is 0 Å². The summed E-state index contributed by atoms with van der Waals surface area (Å²) in [7, 11) is 0. The largest absolute Gasteiger partial charge is 0.392 e. The van der Waals surface area contributed by atoms with E-state index in [1.165, 1.54) is 6.92 Å². The number of alkyl halides is 2. The van der Waals surface area contributed by atoms with Crippen LogP contribution in [-0.4, -0.2) is 17.6 Å². The van der Waals surface area contributed by atoms with Crippen LogP contribution in [0.4, 0.5) is 14.5 Å². The van der Waals surface area contributed by atoms with Gasteiger partial charge >= 0.3 is 0 Å². The van der Waals surface area contributed by atoms with Crippen molar-refractivity contribution in [3.05, 3.63) is 29.8 Å². The molecule has 0 bridgehead atoms. The fourth-order valence-electron chi connectivity index (χ4n) is 1.11. The first-order valence-corrected chi connectivity index (χ1v) is 4.38. The van der Waals surface area contributed by atoms with Crippen LogP contribution in [0.2, 0.25) is 0 Å². The van der Waals surface area contributed by atoms with Crippen molar-refractivity contribution in [3.63, 3.8) is 0 Å². The van der Waals surface area contributed by atoms with Gasteiger partial charge < -0.3 is 10.4 Å². The van der Waals surface area contributed by atoms with Crippen LogP contribution in [-0.2, 0) is 6.61 Å². The lowest BCUT2D eigenvalue weighted by Crippen LogP contribution is -2.24. The van der Waals surface area contributed by atoms with Gasteiger partial charge in [-0.3, -0.25) is 0 Å². The van der Waals surface area contributed by atoms with Gasteiger partial charge in [-0.25, -0.2) is 8.78 Å². The summed E-state index contributed by atoms with van der Waals surface area (Å²) in [6, 6.07) is 5.94. The number of hydrogen-bond acceptors (Lipinski definition) is 2. The van der Waals surface area contributed by atoms with Crippen molar-refractivity contribution in [1.82, 2.24) is 0 Å². The Kier molecular flexibility index (Phi) is 3.83. The van der Waals surface area contributed by atoms with Crippen LogP contribution < -0.4 is 5.32 Å². The predicted octanol–water partition coefficient (Wildman–Crippen LogP) is 2.24. The summed E-state index contributed by atoms with van der Waals surface area (Å²) in [6.07, 6.45) is -2.42. The van der Waals surface area contributed by atoms with E-state index in [2.05, 4.69) is 5.32 Å². The Bertz CT molecular complexity index is 291. The number of anilines is 1. The third-order valence-corrected chi connectivity index (χ3v) is 1.95. The maximum absolute atomic E-state index is 12.2. The van der Waals surface area contributed by atoms with Crippen molar-refractivity contribution in [1.29, 1.82) is 0 Å². The zero-order chi connectivity index (χ0) is 10.6. The molecule has 0 heterocycles. The molecule has 1 rings (SSSR count). The number of benzene rings is 1. The van der Waals surface area contributed by atoms with E-state index in [1.807, 2.05) is 0 Å². The summed E-state index contributed by atoms with van der Waals surface area (Å²) >= 11 is 0. The lowest BCUT2D eigenvalue weighted by molar-refractivity contribution is 0.130. The highest BCUT2D eigenvalue weighted by molar-refractivity contribution is 5.51. The first-order chi connectivity index (χ1) is 6.65. The summed E-state index contributed by atoms with van der Waals surface area (Å²) in [5, 5.41) is 11.6. The number of para-hydroxylation sites is 1. The second-order valence-electron chi connectivity index (χ2n) is 3.08. The molecule has 2 N–H and O–H groups in total. The molecule has 0 aliphatic rings. The standard InChI is InChI=1S/C10H13F2NO/c1-7(10(11)12)13-9-5-3-2-4-8(9)6-14/h2-5,7,10,13-14H,6H2,1H3. The van der Waals surface area contributed by atoms with E-state index in [4.69, 9.17) is 5.11 Å². The minimum absolute atomic E-state index is 0.154. The molecule has 0 fully saturated rings. The molecule has 1 atom stereocenters. The smallest absolute Gasteiger partial charge is 0.258 e. The molecular formula is C10H13F2NO. The Morgan fingerprint density at radius 3 is 2.57 bits per heavy atom. The van der Waals surface area contributed by atoms with Gasteiger partial charge in [-0.15, -0.1) is 0 Å². The SMILES string of the molecule is CC(Nc1ccccc1CO)C(F)F. The molecule has 78 valence electrons. The molecule has 2 nitrogen and oxygen atoms in total. The van der Waals surface area contributed by atoms with Gasteiger partial charge in [0.05, 0.1) is 12.6 Å². The van der Waals surface area contributed by atoms with Crippen molar-refractivity contribution in [2.75, 3.05) is 5.32 Å². The molecule has 0 aliphatic heterocycles. The summed E-state index contributed by atoms with van der Waals surface area (Å²) in [5.74, 6) is 0. The van der Waals surface area contributed by atoms with E-state index in [1.54, 1.807) is 24.3 Å². The van der Waals surface area contributed by atoms with E-state index in [0.717, 1.165) is 0 Å². The lowest BCUT2D eigenvalue weighted by Gasteiger charge is -2.16. The summed E-state index contributed by atoms with van der Waals surface area (Å²) in [5.41, 5.74) is 1.18. The molecule has 1 unspecified atom stereocenters. The maximum atomic E-state index is 12.2. The summed E-state index contributed by atoms with van der Waals surface area (Å²) in [4.78, 5) is 0. The number of aliphatic hydroxyl groups excluding tert-OH is 1. The molecule has 0 spiro atoms. The van der Waals surface area contributed by atoms with E-state index in [9.17, 15) is 8.78 Å². The first kappa shape index (κ1) is 10.9. The topological polar surface area (TPSA) is 32.3 Å². The highest BCUT2D eigenvalue weighted by Crippen LogP contribution is 2.17. The van der Waals surface area contributed by atoms with Crippen LogP contribution in [0.1, 0.15) is 12.5 Å². The van der Waals surface area contributed by atoms with Gasteiger partial charge in [0.25, 0.3) is 6.43 Å². The minimum Gasteiger partial charge on any atom is -0.392 e. The average molecular weight is 201 g/mol. The van der Waals surface area contributed by atoms with Crippen molar-refractivity contribution >= 4 is 5.69 Å². The molecule has 0 aromatic heterocycles. The average Bonchev–Trinajstić information content (AvgIpc) is 2.18. The van der Waals surface area contributed by atoms with Crippen LogP contribution >= 0.6 is 0 Å². The van der Waals surface area contributed by atoms with Crippen LogP contribution in [0.15, 0.2) is 24.3 Å². The molecule has 14 heavy (non-hydrogen) atoms. The highest BCUT2D eigenvalue weighted by Gasteiger charge is 2.14. The van der Waals surface area contributed by atoms with E-state index >= 15 is 0 Å². The molecule has 0 saturated heterocycles. The van der Waals surface area contributed by atoms with Crippen LogP contribution in [0.5, 0.6) is 0 Å². The van der Waals surface area contributed by atoms with Gasteiger partial charge in [0, 0.05) is 11.3 Å². The zero-order valence-corrected chi connectivity index (χ0v) is 7.87. The Labute approximate surface area is 81.6 Å². The third kappa shape index (κ3) is 2.67. The van der Waals surface area contributed by atoms with Crippen molar-refractivity contribution in [3.8, 4) is 0 Å². The van der Waals surface area contributed by atoms with E-state index in [-0.39, 0.29) is 6.61 Å². The first-order valence-electron chi connectivity index (χ1n) is 4.38. The Morgan fingerprint density at radius 1 is 1.36 bits per heavy atom. The Balaban J connectivity index is 2.75. The summed E-state index contributed by atoms with van der Waals surface area (Å²) in [6.45, 7) is 1.25. The van der Waals surface area contributed by atoms with Gasteiger partial charge in [-0.2, -0.15) is 0 Å². The van der Waals surface area contributed by atoms with E-state index in [0.29, 0.717) is 11.3 Å². The quantitative estimate of drug-likeness (QED) is 0.783. The minimum atomic E-state index is -2.42. The third-order valence-electron chi connectivity index (χ3n) is 1.95. The molecule has 0 radical (unpaired) electrons. The van der Waals surface area contributed by atoms with Crippen molar-refractivity contribution < 1.29 is 13.9 Å². The molecule has 0 amide bonds. The molecule has 0 saturated carbocycles. The fourth-order valence-corrected chi connectivity index (χ4v) is 1.11. The van der Waals surface area contributed by atoms with Gasteiger partial charge in [0.1, 0.15) is 0 Å². The van der Waals surface area contributed by atoms with E-state index < -0.39 is 12.5 Å². The van der Waals surface area contributed by atoms with Gasteiger partial charge in [-0.05, 0) is 13.0 Å². The number of aliphatic hydroxyl groups is 1. The molecule has 4 heteroatoms. The van der Waals surface area contributed by atoms with Gasteiger partial charge in [0.2, 0.25) is 0 Å². The highest BCUT2D eigenvalue weighted by atomic mass is 19.3. The maximum Gasteiger partial charge on any atom is 0.258 e. The Morgan fingerprint density at radius 2 is 2.00 bits per heavy atom. The lowest BCUT2D eigenvalue weighted by atomic mass is 10.1. The molecule has 1 aromatic rings. The van der Waals surface area contributed by atoms with Crippen LogP contribution in [0.25, 0.3) is 0 Å². The number of halogens is 2. The van der Waals surface area contributed by atoms with Crippen LogP contribution in [0, 0.1) is 0 Å². The molecule has 1 aromatic carbocycles. The second-order valence-corrected chi connectivity index (χ2v) is 3.08. The van der Waals surface area contributed by atoms with Crippen LogP contribution in [0.3, 0.4) is 0 Å². The normalized spacial score (nSPS) is 12.9. The summed E-state index contributed by atoms with van der Waals surface area (Å²) < 4.78 is 24.4. The number of rotatable bonds is 4. The van der Waals surface area contributed by atoms with Crippen molar-refractivity contribution in [2.45, 2.75) is 26.0 Å². The fraction of sp³-hybridized carbons (Fsp3) is 0.400.